The average Bonchev–Trinajstić information content (AvgIpc) is 2.86. The Balaban J connectivity index is 1.77. The number of carbonyl (C=O) groups excluding carboxylic acids is 2. The normalized spacial score (nSPS) is 13.0. The molecule has 0 saturated carbocycles. The minimum absolute atomic E-state index is 0.0200. The van der Waals surface area contributed by atoms with Crippen LogP contribution in [0.25, 0.3) is 0 Å². The maximum atomic E-state index is 12.7. The van der Waals surface area contributed by atoms with Crippen LogP contribution in [0.3, 0.4) is 0 Å². The molecular formula is C27H29NO7S. The number of rotatable bonds is 11. The Labute approximate surface area is 211 Å². The summed E-state index contributed by atoms with van der Waals surface area (Å²) in [5, 5.41) is 0. The highest BCUT2D eigenvalue weighted by Crippen LogP contribution is 2.28. The van der Waals surface area contributed by atoms with Gasteiger partial charge in [-0.3, -0.25) is 9.59 Å². The Morgan fingerprint density at radius 2 is 1.44 bits per heavy atom. The second-order valence-electron chi connectivity index (χ2n) is 8.39. The largest absolute Gasteiger partial charge is 0.463 e. The van der Waals surface area contributed by atoms with E-state index in [1.807, 2.05) is 30.3 Å². The smallest absolute Gasteiger partial charge is 0.339 e. The van der Waals surface area contributed by atoms with Crippen molar-refractivity contribution in [2.45, 2.75) is 49.8 Å². The lowest BCUT2D eigenvalue weighted by Crippen LogP contribution is -2.39. The van der Waals surface area contributed by atoms with Crippen molar-refractivity contribution in [2.24, 2.45) is 5.73 Å². The van der Waals surface area contributed by atoms with Gasteiger partial charge in [0.1, 0.15) is 23.3 Å². The number of hydrogen-bond donors (Lipinski definition) is 1. The standard InChI is InChI=1S/C27H29NO7S/c1-19(2)34-25(29)17-24(26(28)27(30)33-18-20-9-5-3-6-10-20)21-13-15-22(16-14-21)35-36(31,32)23-11-7-4-8-12-23/h3-16,19,24,26H,17-18,28H2,1-2H3. The SMILES string of the molecule is CC(C)OC(=O)CC(c1ccc(OS(=O)(=O)c2ccccc2)cc1)C(N)C(=O)OCc1ccccc1. The van der Waals surface area contributed by atoms with Crippen molar-refractivity contribution in [3.63, 3.8) is 0 Å². The third kappa shape index (κ3) is 7.66. The van der Waals surface area contributed by atoms with E-state index in [9.17, 15) is 18.0 Å². The Morgan fingerprint density at radius 3 is 2.03 bits per heavy atom. The molecule has 3 aromatic rings. The number of carbonyl (C=O) groups is 2. The minimum Gasteiger partial charge on any atom is -0.463 e. The molecule has 36 heavy (non-hydrogen) atoms. The molecule has 3 rings (SSSR count). The van der Waals surface area contributed by atoms with Gasteiger partial charge in [0.05, 0.1) is 12.5 Å². The molecule has 0 fully saturated rings. The van der Waals surface area contributed by atoms with E-state index < -0.39 is 34.0 Å². The van der Waals surface area contributed by atoms with Crippen LogP contribution >= 0.6 is 0 Å². The van der Waals surface area contributed by atoms with Gasteiger partial charge in [-0.1, -0.05) is 60.7 Å². The summed E-state index contributed by atoms with van der Waals surface area (Å²) in [4.78, 5) is 25.2. The second kappa shape index (κ2) is 12.3. The Kier molecular flexibility index (Phi) is 9.21. The topological polar surface area (TPSA) is 122 Å². The third-order valence-corrected chi connectivity index (χ3v) is 6.49. The van der Waals surface area contributed by atoms with Crippen molar-refractivity contribution >= 4 is 22.1 Å². The van der Waals surface area contributed by atoms with Crippen molar-refractivity contribution in [1.29, 1.82) is 0 Å². The zero-order valence-corrected chi connectivity index (χ0v) is 20.9. The molecule has 190 valence electrons. The summed E-state index contributed by atoms with van der Waals surface area (Å²) in [5.41, 5.74) is 7.58. The molecule has 0 spiro atoms. The van der Waals surface area contributed by atoms with Crippen molar-refractivity contribution in [3.05, 3.63) is 96.1 Å². The van der Waals surface area contributed by atoms with Gasteiger partial charge in [0.2, 0.25) is 0 Å². The molecule has 0 aliphatic heterocycles. The van der Waals surface area contributed by atoms with Crippen LogP contribution in [-0.4, -0.2) is 32.5 Å². The molecule has 0 amide bonds. The molecule has 0 aliphatic carbocycles. The fraction of sp³-hybridized carbons (Fsp3) is 0.259. The lowest BCUT2D eigenvalue weighted by atomic mass is 9.89. The Bertz CT molecular complexity index is 1240. The quantitative estimate of drug-likeness (QED) is 0.303. The van der Waals surface area contributed by atoms with Gasteiger partial charge >= 0.3 is 22.1 Å². The lowest BCUT2D eigenvalue weighted by molar-refractivity contribution is -0.150. The monoisotopic (exact) mass is 511 g/mol. The van der Waals surface area contributed by atoms with Crippen molar-refractivity contribution in [2.75, 3.05) is 0 Å². The first kappa shape index (κ1) is 26.9. The highest BCUT2D eigenvalue weighted by atomic mass is 32.2. The van der Waals surface area contributed by atoms with E-state index in [4.69, 9.17) is 19.4 Å². The Hall–Kier alpha value is -3.69. The molecule has 2 N–H and O–H groups in total. The molecule has 0 saturated heterocycles. The van der Waals surface area contributed by atoms with Crippen LogP contribution in [0.1, 0.15) is 37.3 Å². The molecule has 0 aliphatic rings. The highest BCUT2D eigenvalue weighted by molar-refractivity contribution is 7.87. The summed E-state index contributed by atoms with van der Waals surface area (Å²) in [5.74, 6) is -1.88. The molecule has 8 nitrogen and oxygen atoms in total. The zero-order valence-electron chi connectivity index (χ0n) is 20.1. The van der Waals surface area contributed by atoms with Crippen LogP contribution in [0.5, 0.6) is 5.75 Å². The summed E-state index contributed by atoms with van der Waals surface area (Å²) in [6.45, 7) is 3.49. The van der Waals surface area contributed by atoms with Crippen LogP contribution in [0.4, 0.5) is 0 Å². The minimum atomic E-state index is -4.02. The van der Waals surface area contributed by atoms with Crippen LogP contribution in [-0.2, 0) is 35.8 Å². The van der Waals surface area contributed by atoms with Crippen molar-refractivity contribution < 1.29 is 31.7 Å². The van der Waals surface area contributed by atoms with Crippen LogP contribution in [0.2, 0.25) is 0 Å². The summed E-state index contributed by atoms with van der Waals surface area (Å²) in [6.07, 6.45) is -0.499. The molecule has 2 atom stereocenters. The van der Waals surface area contributed by atoms with Gasteiger partial charge in [-0.2, -0.15) is 8.42 Å². The Morgan fingerprint density at radius 1 is 0.861 bits per heavy atom. The van der Waals surface area contributed by atoms with Gasteiger partial charge in [-0.05, 0) is 49.2 Å². The van der Waals surface area contributed by atoms with Crippen LogP contribution in [0, 0.1) is 0 Å². The fourth-order valence-electron chi connectivity index (χ4n) is 3.46. The predicted molar refractivity (Wildman–Crippen MR) is 133 cm³/mol. The predicted octanol–water partition coefficient (Wildman–Crippen LogP) is 3.95. The van der Waals surface area contributed by atoms with Gasteiger partial charge in [0, 0.05) is 5.92 Å². The van der Waals surface area contributed by atoms with E-state index >= 15 is 0 Å². The maximum absolute atomic E-state index is 12.7. The van der Waals surface area contributed by atoms with Gasteiger partial charge in [0.25, 0.3) is 0 Å². The fourth-order valence-corrected chi connectivity index (χ4v) is 4.42. The summed E-state index contributed by atoms with van der Waals surface area (Å²) < 4.78 is 40.8. The number of nitrogens with two attached hydrogens (primary N) is 1. The summed E-state index contributed by atoms with van der Waals surface area (Å²) >= 11 is 0. The third-order valence-electron chi connectivity index (χ3n) is 5.23. The molecule has 0 aromatic heterocycles. The first-order valence-electron chi connectivity index (χ1n) is 11.4. The molecule has 0 radical (unpaired) electrons. The molecule has 3 aromatic carbocycles. The molecular weight excluding hydrogens is 482 g/mol. The molecule has 2 unspecified atom stereocenters. The van der Waals surface area contributed by atoms with Gasteiger partial charge in [-0.25, -0.2) is 0 Å². The van der Waals surface area contributed by atoms with E-state index in [1.165, 1.54) is 24.3 Å². The van der Waals surface area contributed by atoms with Crippen LogP contribution in [0.15, 0.2) is 89.8 Å². The first-order valence-corrected chi connectivity index (χ1v) is 12.8. The highest BCUT2D eigenvalue weighted by Gasteiger charge is 2.31. The van der Waals surface area contributed by atoms with E-state index in [0.717, 1.165) is 5.56 Å². The first-order chi connectivity index (χ1) is 17.2. The van der Waals surface area contributed by atoms with E-state index in [-0.39, 0.29) is 29.8 Å². The zero-order chi connectivity index (χ0) is 26.1. The number of benzene rings is 3. The van der Waals surface area contributed by atoms with Gasteiger partial charge in [-0.15, -0.1) is 0 Å². The average molecular weight is 512 g/mol. The summed E-state index contributed by atoms with van der Waals surface area (Å²) in [6, 6.07) is 21.8. The summed E-state index contributed by atoms with van der Waals surface area (Å²) in [7, 11) is -4.02. The second-order valence-corrected chi connectivity index (χ2v) is 9.93. The van der Waals surface area contributed by atoms with E-state index in [0.29, 0.717) is 5.56 Å². The van der Waals surface area contributed by atoms with E-state index in [1.54, 1.807) is 44.2 Å². The van der Waals surface area contributed by atoms with Crippen molar-refractivity contribution in [1.82, 2.24) is 0 Å². The van der Waals surface area contributed by atoms with Gasteiger partial charge in [0.15, 0.2) is 0 Å². The molecule has 9 heteroatoms. The molecule has 0 bridgehead atoms. The van der Waals surface area contributed by atoms with Gasteiger partial charge < -0.3 is 19.4 Å². The number of hydrogen-bond acceptors (Lipinski definition) is 8. The van der Waals surface area contributed by atoms with Crippen molar-refractivity contribution in [3.8, 4) is 5.75 Å². The maximum Gasteiger partial charge on any atom is 0.339 e. The molecule has 0 heterocycles. The lowest BCUT2D eigenvalue weighted by Gasteiger charge is -2.23. The van der Waals surface area contributed by atoms with E-state index in [2.05, 4.69) is 0 Å². The number of esters is 2. The number of ether oxygens (including phenoxy) is 2. The van der Waals surface area contributed by atoms with Crippen LogP contribution < -0.4 is 9.92 Å².